The topological polar surface area (TPSA) is 47.0 Å². The van der Waals surface area contributed by atoms with Crippen molar-refractivity contribution in [1.29, 1.82) is 0 Å². The predicted octanol–water partition coefficient (Wildman–Crippen LogP) is 4.23. The molecule has 0 spiro atoms. The average Bonchev–Trinajstić information content (AvgIpc) is 3.11. The summed E-state index contributed by atoms with van der Waals surface area (Å²) in [5, 5.41) is 12.6. The first-order valence-electron chi connectivity index (χ1n) is 9.10. The van der Waals surface area contributed by atoms with Gasteiger partial charge in [0.15, 0.2) is 0 Å². The smallest absolute Gasteiger partial charge is 0.407 e. The van der Waals surface area contributed by atoms with Crippen LogP contribution >= 0.6 is 23.7 Å². The van der Waals surface area contributed by atoms with E-state index in [-0.39, 0.29) is 12.4 Å². The summed E-state index contributed by atoms with van der Waals surface area (Å²) in [6, 6.07) is 8.80. The van der Waals surface area contributed by atoms with E-state index in [1.165, 1.54) is 20.7 Å². The number of halogens is 1. The van der Waals surface area contributed by atoms with Gasteiger partial charge in [-0.15, -0.1) is 23.7 Å². The fraction of sp³-hybridized carbons (Fsp3) is 0.526. The van der Waals surface area contributed by atoms with Gasteiger partial charge in [0, 0.05) is 55.0 Å². The minimum absolute atomic E-state index is 0. The van der Waals surface area contributed by atoms with Crippen molar-refractivity contribution in [3.05, 3.63) is 29.6 Å². The van der Waals surface area contributed by atoms with Crippen LogP contribution in [0.4, 0.5) is 10.5 Å². The largest absolute Gasteiger partial charge is 0.465 e. The van der Waals surface area contributed by atoms with E-state index in [9.17, 15) is 4.79 Å². The lowest BCUT2D eigenvalue weighted by molar-refractivity contribution is 0.146. The van der Waals surface area contributed by atoms with Crippen LogP contribution in [0.3, 0.4) is 0 Å². The minimum Gasteiger partial charge on any atom is -0.465 e. The molecule has 144 valence electrons. The number of amides is 1. The number of thiophene rings is 1. The maximum absolute atomic E-state index is 11.0. The molecular formula is C19H28ClN3O2S. The van der Waals surface area contributed by atoms with E-state index < -0.39 is 6.09 Å². The molecule has 0 aliphatic carbocycles. The zero-order valence-electron chi connectivity index (χ0n) is 15.3. The van der Waals surface area contributed by atoms with Crippen molar-refractivity contribution < 1.29 is 9.90 Å². The van der Waals surface area contributed by atoms with Gasteiger partial charge in [0.2, 0.25) is 0 Å². The van der Waals surface area contributed by atoms with Gasteiger partial charge in [0.1, 0.15) is 0 Å². The second kappa shape index (κ2) is 10.00. The van der Waals surface area contributed by atoms with E-state index in [1.807, 2.05) is 6.92 Å². The van der Waals surface area contributed by atoms with Crippen LogP contribution in [0, 0.1) is 0 Å². The summed E-state index contributed by atoms with van der Waals surface area (Å²) in [5.74, 6) is 0. The number of carboxylic acid groups (broad SMARTS) is 1. The maximum atomic E-state index is 11.0. The van der Waals surface area contributed by atoms with Gasteiger partial charge in [0.05, 0.1) is 0 Å². The number of fused-ring (bicyclic) bond motifs is 1. The van der Waals surface area contributed by atoms with Gasteiger partial charge >= 0.3 is 6.09 Å². The molecular weight excluding hydrogens is 370 g/mol. The Morgan fingerprint density at radius 3 is 2.65 bits per heavy atom. The number of benzene rings is 1. The van der Waals surface area contributed by atoms with Crippen molar-refractivity contribution in [2.75, 3.05) is 50.7 Å². The first kappa shape index (κ1) is 20.8. The Morgan fingerprint density at radius 2 is 1.96 bits per heavy atom. The van der Waals surface area contributed by atoms with Crippen LogP contribution in [0.25, 0.3) is 10.1 Å². The third kappa shape index (κ3) is 5.02. The molecule has 5 nitrogen and oxygen atoms in total. The molecule has 7 heteroatoms. The molecule has 3 rings (SSSR count). The van der Waals surface area contributed by atoms with Gasteiger partial charge < -0.3 is 14.9 Å². The van der Waals surface area contributed by atoms with Crippen LogP contribution in [-0.4, -0.2) is 66.8 Å². The van der Waals surface area contributed by atoms with Crippen molar-refractivity contribution >= 4 is 45.6 Å². The summed E-state index contributed by atoms with van der Waals surface area (Å²) in [7, 11) is 0. The third-order valence-corrected chi connectivity index (χ3v) is 5.87. The van der Waals surface area contributed by atoms with Crippen LogP contribution in [-0.2, 0) is 0 Å². The van der Waals surface area contributed by atoms with E-state index in [2.05, 4.69) is 39.4 Å². The van der Waals surface area contributed by atoms with Crippen LogP contribution in [0.5, 0.6) is 0 Å². The van der Waals surface area contributed by atoms with E-state index >= 15 is 0 Å². The Kier molecular flexibility index (Phi) is 8.00. The van der Waals surface area contributed by atoms with Crippen LogP contribution in [0.2, 0.25) is 0 Å². The van der Waals surface area contributed by atoms with Crippen molar-refractivity contribution in [2.24, 2.45) is 0 Å². The highest BCUT2D eigenvalue weighted by molar-refractivity contribution is 7.17. The number of unbranched alkanes of at least 4 members (excludes halogenated alkanes) is 1. The Hall–Kier alpha value is -1.50. The van der Waals surface area contributed by atoms with Gasteiger partial charge in [-0.25, -0.2) is 4.79 Å². The van der Waals surface area contributed by atoms with E-state index in [0.717, 1.165) is 45.6 Å². The zero-order chi connectivity index (χ0) is 17.6. The summed E-state index contributed by atoms with van der Waals surface area (Å²) in [5.41, 5.74) is 1.36. The minimum atomic E-state index is -0.807. The number of hydrogen-bond donors (Lipinski definition) is 1. The second-order valence-electron chi connectivity index (χ2n) is 6.51. The van der Waals surface area contributed by atoms with Gasteiger partial charge in [0.25, 0.3) is 0 Å². The van der Waals surface area contributed by atoms with Gasteiger partial charge in [-0.2, -0.15) is 0 Å². The monoisotopic (exact) mass is 397 g/mol. The lowest BCUT2D eigenvalue weighted by Crippen LogP contribution is -2.46. The quantitative estimate of drug-likeness (QED) is 0.710. The highest BCUT2D eigenvalue weighted by Gasteiger charge is 2.18. The molecule has 1 fully saturated rings. The molecule has 2 aromatic rings. The highest BCUT2D eigenvalue weighted by atomic mass is 35.5. The van der Waals surface area contributed by atoms with Crippen LogP contribution in [0.1, 0.15) is 19.8 Å². The fourth-order valence-corrected chi connectivity index (χ4v) is 4.30. The summed E-state index contributed by atoms with van der Waals surface area (Å²) in [6.45, 7) is 8.45. The van der Waals surface area contributed by atoms with E-state index in [4.69, 9.17) is 5.11 Å². The SMILES string of the molecule is CCN(CCCCN1CCN(c2cccc3sccc23)CC1)C(=O)O.Cl. The average molecular weight is 398 g/mol. The molecule has 0 saturated carbocycles. The van der Waals surface area contributed by atoms with Crippen molar-refractivity contribution in [3.63, 3.8) is 0 Å². The molecule has 1 saturated heterocycles. The fourth-order valence-electron chi connectivity index (χ4n) is 3.49. The Balaban J connectivity index is 0.00000243. The van der Waals surface area contributed by atoms with E-state index in [1.54, 1.807) is 11.3 Å². The standard InChI is InChI=1S/C19H27N3O2S.ClH/c1-2-21(19(23)24)10-4-3-9-20-11-13-22(14-12-20)17-6-5-7-18-16(17)8-15-25-18;/h5-8,15H,2-4,9-14H2,1H3,(H,23,24);1H. The molecule has 0 radical (unpaired) electrons. The second-order valence-corrected chi connectivity index (χ2v) is 7.46. The summed E-state index contributed by atoms with van der Waals surface area (Å²) >= 11 is 1.80. The Morgan fingerprint density at radius 1 is 1.19 bits per heavy atom. The maximum Gasteiger partial charge on any atom is 0.407 e. The van der Waals surface area contributed by atoms with Gasteiger partial charge in [-0.05, 0) is 49.9 Å². The van der Waals surface area contributed by atoms with Crippen molar-refractivity contribution in [2.45, 2.75) is 19.8 Å². The molecule has 0 atom stereocenters. The number of nitrogens with zero attached hydrogens (tertiary/aromatic N) is 3. The molecule has 0 bridgehead atoms. The molecule has 2 heterocycles. The molecule has 1 aromatic heterocycles. The number of anilines is 1. The van der Waals surface area contributed by atoms with Crippen LogP contribution < -0.4 is 4.90 Å². The number of carbonyl (C=O) groups is 1. The first-order valence-corrected chi connectivity index (χ1v) is 9.98. The molecule has 1 N–H and O–H groups in total. The third-order valence-electron chi connectivity index (χ3n) is 4.99. The normalized spacial score (nSPS) is 15.0. The Labute approximate surface area is 165 Å². The molecule has 1 aliphatic rings. The van der Waals surface area contributed by atoms with Gasteiger partial charge in [-0.3, -0.25) is 4.90 Å². The highest BCUT2D eigenvalue weighted by Crippen LogP contribution is 2.31. The summed E-state index contributed by atoms with van der Waals surface area (Å²) in [6.07, 6.45) is 1.19. The lowest BCUT2D eigenvalue weighted by Gasteiger charge is -2.36. The first-order chi connectivity index (χ1) is 12.2. The molecule has 0 unspecified atom stereocenters. The van der Waals surface area contributed by atoms with Gasteiger partial charge in [-0.1, -0.05) is 6.07 Å². The number of rotatable bonds is 7. The zero-order valence-corrected chi connectivity index (χ0v) is 16.9. The van der Waals surface area contributed by atoms with Crippen LogP contribution in [0.15, 0.2) is 29.6 Å². The number of piperazine rings is 1. The summed E-state index contributed by atoms with van der Waals surface area (Å²) in [4.78, 5) is 17.5. The summed E-state index contributed by atoms with van der Waals surface area (Å²) < 4.78 is 1.36. The van der Waals surface area contributed by atoms with Crippen molar-refractivity contribution in [1.82, 2.24) is 9.80 Å². The molecule has 26 heavy (non-hydrogen) atoms. The molecule has 1 amide bonds. The number of hydrogen-bond acceptors (Lipinski definition) is 4. The van der Waals surface area contributed by atoms with Crippen molar-refractivity contribution in [3.8, 4) is 0 Å². The van der Waals surface area contributed by atoms with E-state index in [0.29, 0.717) is 13.1 Å². The molecule has 1 aromatic carbocycles. The lowest BCUT2D eigenvalue weighted by atomic mass is 10.1. The Bertz CT molecular complexity index is 701. The predicted molar refractivity (Wildman–Crippen MR) is 112 cm³/mol. The molecule has 1 aliphatic heterocycles.